The van der Waals surface area contributed by atoms with Crippen molar-refractivity contribution in [2.45, 2.75) is 57.5 Å². The molecule has 2 heterocycles. The molecular formula is C23H26N4O2. The van der Waals surface area contributed by atoms with Crippen LogP contribution in [-0.4, -0.2) is 14.3 Å². The van der Waals surface area contributed by atoms with E-state index in [1.807, 2.05) is 6.20 Å². The quantitative estimate of drug-likeness (QED) is 0.740. The lowest BCUT2D eigenvalue weighted by molar-refractivity contribution is 0.681. The topological polar surface area (TPSA) is 68.9 Å². The molecule has 1 fully saturated rings. The van der Waals surface area contributed by atoms with Crippen molar-refractivity contribution in [2.24, 2.45) is 7.05 Å². The van der Waals surface area contributed by atoms with Crippen LogP contribution in [0.5, 0.6) is 0 Å². The van der Waals surface area contributed by atoms with Gasteiger partial charge in [-0.05, 0) is 62.1 Å². The van der Waals surface area contributed by atoms with Gasteiger partial charge in [-0.1, -0.05) is 18.2 Å². The van der Waals surface area contributed by atoms with E-state index in [0.717, 1.165) is 19.3 Å². The van der Waals surface area contributed by atoms with Gasteiger partial charge >= 0.3 is 0 Å². The average Bonchev–Trinajstić information content (AvgIpc) is 3.56. The van der Waals surface area contributed by atoms with Gasteiger partial charge in [0.05, 0.1) is 11.4 Å². The molecule has 1 unspecified atom stereocenters. The monoisotopic (exact) mass is 390 g/mol. The van der Waals surface area contributed by atoms with E-state index in [9.17, 15) is 9.59 Å². The molecule has 0 saturated heterocycles. The van der Waals surface area contributed by atoms with Gasteiger partial charge < -0.3 is 9.88 Å². The molecule has 2 aromatic heterocycles. The number of nitrogens with one attached hydrogen (secondary N) is 1. The van der Waals surface area contributed by atoms with Gasteiger partial charge in [-0.3, -0.25) is 9.59 Å². The first kappa shape index (κ1) is 18.2. The summed E-state index contributed by atoms with van der Waals surface area (Å²) in [5, 5.41) is 9.11. The van der Waals surface area contributed by atoms with Crippen molar-refractivity contribution in [2.75, 3.05) is 5.32 Å². The van der Waals surface area contributed by atoms with Crippen molar-refractivity contribution in [3.8, 4) is 0 Å². The molecule has 0 aliphatic heterocycles. The van der Waals surface area contributed by atoms with Crippen molar-refractivity contribution in [1.29, 1.82) is 0 Å². The van der Waals surface area contributed by atoms with Crippen LogP contribution in [0.25, 0.3) is 10.8 Å². The second kappa shape index (κ2) is 6.87. The SMILES string of the molecule is CC(Nc1nn(C)c(=O)c2cc(=O)n(C3CC3)cc12)c1ccc2c(c1)CCCC2. The highest BCUT2D eigenvalue weighted by Gasteiger charge is 2.25. The molecule has 1 saturated carbocycles. The van der Waals surface area contributed by atoms with Crippen LogP contribution in [0.2, 0.25) is 0 Å². The first-order valence-corrected chi connectivity index (χ1v) is 10.5. The van der Waals surface area contributed by atoms with Crippen LogP contribution in [0.1, 0.15) is 61.4 Å². The van der Waals surface area contributed by atoms with Crippen LogP contribution in [0.4, 0.5) is 5.82 Å². The Morgan fingerprint density at radius 2 is 1.83 bits per heavy atom. The number of pyridine rings is 1. The Labute approximate surface area is 169 Å². The maximum Gasteiger partial charge on any atom is 0.274 e. The molecule has 0 radical (unpaired) electrons. The van der Waals surface area contributed by atoms with E-state index >= 15 is 0 Å². The average molecular weight is 390 g/mol. The highest BCUT2D eigenvalue weighted by Crippen LogP contribution is 2.34. The minimum absolute atomic E-state index is 0.0386. The molecule has 6 heteroatoms. The number of fused-ring (bicyclic) bond motifs is 2. The summed E-state index contributed by atoms with van der Waals surface area (Å²) in [5.41, 5.74) is 3.77. The molecule has 150 valence electrons. The number of hydrogen-bond acceptors (Lipinski definition) is 4. The van der Waals surface area contributed by atoms with Crippen LogP contribution >= 0.6 is 0 Å². The number of aryl methyl sites for hydroxylation is 3. The molecule has 1 N–H and O–H groups in total. The Morgan fingerprint density at radius 1 is 1.07 bits per heavy atom. The van der Waals surface area contributed by atoms with Gasteiger partial charge in [-0.15, -0.1) is 0 Å². The third-order valence-corrected chi connectivity index (χ3v) is 6.28. The smallest absolute Gasteiger partial charge is 0.274 e. The summed E-state index contributed by atoms with van der Waals surface area (Å²) in [4.78, 5) is 25.0. The molecule has 2 aliphatic rings. The van der Waals surface area contributed by atoms with Crippen molar-refractivity contribution >= 4 is 16.6 Å². The molecule has 1 aromatic carbocycles. The first-order chi connectivity index (χ1) is 14.0. The normalized spacial score (nSPS) is 17.2. The minimum atomic E-state index is -0.243. The molecule has 0 spiro atoms. The Morgan fingerprint density at radius 3 is 2.59 bits per heavy atom. The van der Waals surface area contributed by atoms with Gasteiger partial charge in [-0.2, -0.15) is 5.10 Å². The van der Waals surface area contributed by atoms with Crippen molar-refractivity contribution in [1.82, 2.24) is 14.3 Å². The van der Waals surface area contributed by atoms with Gasteiger partial charge in [-0.25, -0.2) is 4.68 Å². The number of rotatable bonds is 4. The van der Waals surface area contributed by atoms with E-state index in [4.69, 9.17) is 0 Å². The fourth-order valence-electron chi connectivity index (χ4n) is 4.39. The molecular weight excluding hydrogens is 364 g/mol. The van der Waals surface area contributed by atoms with Gasteiger partial charge in [0.25, 0.3) is 11.1 Å². The Kier molecular flexibility index (Phi) is 4.30. The van der Waals surface area contributed by atoms with E-state index in [1.165, 1.54) is 46.7 Å². The number of benzene rings is 1. The minimum Gasteiger partial charge on any atom is -0.362 e. The molecule has 5 rings (SSSR count). The molecule has 2 aliphatic carbocycles. The highest BCUT2D eigenvalue weighted by molar-refractivity contribution is 5.90. The fourth-order valence-corrected chi connectivity index (χ4v) is 4.39. The summed E-state index contributed by atoms with van der Waals surface area (Å²) in [7, 11) is 1.63. The summed E-state index contributed by atoms with van der Waals surface area (Å²) in [6.07, 6.45) is 8.68. The molecule has 29 heavy (non-hydrogen) atoms. The van der Waals surface area contributed by atoms with Gasteiger partial charge in [0.1, 0.15) is 0 Å². The standard InChI is InChI=1S/C23H26N4O2/c1-14(16-8-7-15-5-3-4-6-17(15)11-16)24-22-20-13-27(18-9-10-18)21(28)12-19(20)23(29)26(2)25-22/h7-8,11-14,18H,3-6,9-10H2,1-2H3,(H,24,25). The third-order valence-electron chi connectivity index (χ3n) is 6.28. The molecule has 0 bridgehead atoms. The first-order valence-electron chi connectivity index (χ1n) is 10.5. The third kappa shape index (κ3) is 3.26. The van der Waals surface area contributed by atoms with E-state index in [1.54, 1.807) is 11.6 Å². The van der Waals surface area contributed by atoms with Gasteiger partial charge in [0.2, 0.25) is 0 Å². The summed E-state index contributed by atoms with van der Waals surface area (Å²) in [5.74, 6) is 0.640. The van der Waals surface area contributed by atoms with Crippen molar-refractivity contribution in [3.63, 3.8) is 0 Å². The van der Waals surface area contributed by atoms with E-state index in [0.29, 0.717) is 16.6 Å². The predicted octanol–water partition coefficient (Wildman–Crippen LogP) is 3.48. The van der Waals surface area contributed by atoms with Gasteiger partial charge in [0.15, 0.2) is 5.82 Å². The van der Waals surface area contributed by atoms with Crippen LogP contribution in [0, 0.1) is 0 Å². The fraction of sp³-hybridized carbons (Fsp3) is 0.435. The summed E-state index contributed by atoms with van der Waals surface area (Å²) in [6, 6.07) is 8.49. The number of hydrogen-bond donors (Lipinski definition) is 1. The zero-order valence-corrected chi connectivity index (χ0v) is 16.9. The maximum absolute atomic E-state index is 12.6. The summed E-state index contributed by atoms with van der Waals surface area (Å²) in [6.45, 7) is 2.11. The lowest BCUT2D eigenvalue weighted by atomic mass is 9.89. The van der Waals surface area contributed by atoms with Crippen LogP contribution in [0.3, 0.4) is 0 Å². The highest BCUT2D eigenvalue weighted by atomic mass is 16.1. The second-order valence-corrected chi connectivity index (χ2v) is 8.46. The van der Waals surface area contributed by atoms with E-state index in [-0.39, 0.29) is 23.2 Å². The second-order valence-electron chi connectivity index (χ2n) is 8.46. The number of anilines is 1. The molecule has 1 atom stereocenters. The van der Waals surface area contributed by atoms with Crippen LogP contribution < -0.4 is 16.4 Å². The van der Waals surface area contributed by atoms with Gasteiger partial charge in [0, 0.05) is 30.7 Å². The van der Waals surface area contributed by atoms with Crippen LogP contribution in [-0.2, 0) is 19.9 Å². The number of aromatic nitrogens is 3. The van der Waals surface area contributed by atoms with Crippen molar-refractivity contribution < 1.29 is 0 Å². The Balaban J connectivity index is 1.56. The molecule has 0 amide bonds. The van der Waals surface area contributed by atoms with Crippen LogP contribution in [0.15, 0.2) is 40.1 Å². The zero-order chi connectivity index (χ0) is 20.1. The summed E-state index contributed by atoms with van der Waals surface area (Å²) < 4.78 is 3.06. The largest absolute Gasteiger partial charge is 0.362 e. The van der Waals surface area contributed by atoms with E-state index < -0.39 is 0 Å². The Hall–Kier alpha value is -2.89. The number of nitrogens with zero attached hydrogens (tertiary/aromatic N) is 3. The molecule has 6 nitrogen and oxygen atoms in total. The lowest BCUT2D eigenvalue weighted by Gasteiger charge is -2.21. The van der Waals surface area contributed by atoms with E-state index in [2.05, 4.69) is 35.5 Å². The predicted molar refractivity (Wildman–Crippen MR) is 115 cm³/mol. The maximum atomic E-state index is 12.6. The summed E-state index contributed by atoms with van der Waals surface area (Å²) >= 11 is 0. The molecule has 3 aromatic rings. The Bertz CT molecular complexity index is 1220. The zero-order valence-electron chi connectivity index (χ0n) is 16.9. The van der Waals surface area contributed by atoms with Crippen molar-refractivity contribution in [3.05, 3.63) is 67.9 Å². The lowest BCUT2D eigenvalue weighted by Crippen LogP contribution is -2.26.